The summed E-state index contributed by atoms with van der Waals surface area (Å²) < 4.78 is 0. The molecule has 0 spiro atoms. The van der Waals surface area contributed by atoms with E-state index in [9.17, 15) is 0 Å². The van der Waals surface area contributed by atoms with Gasteiger partial charge in [0.1, 0.15) is 0 Å². The molecule has 1 aliphatic heterocycles. The van der Waals surface area contributed by atoms with Crippen molar-refractivity contribution in [3.63, 3.8) is 0 Å². The molecule has 0 radical (unpaired) electrons. The lowest BCUT2D eigenvalue weighted by molar-refractivity contribution is 0.152. The van der Waals surface area contributed by atoms with Crippen LogP contribution in [0.2, 0.25) is 0 Å². The van der Waals surface area contributed by atoms with Crippen LogP contribution in [0.1, 0.15) is 37.8 Å². The Labute approximate surface area is 102 Å². The largest absolute Gasteiger partial charge is 0.309 e. The standard InChI is InChI=1S/C14H19NS/c1-14(7-4-8-14)10-15-12-9-16-13-6-3-2-5-11(12)13/h2-3,5-6,12,15H,4,7-10H2,1H3. The predicted octanol–water partition coefficient (Wildman–Crippen LogP) is 3.61. The number of rotatable bonds is 3. The highest BCUT2D eigenvalue weighted by Crippen LogP contribution is 2.42. The highest BCUT2D eigenvalue weighted by molar-refractivity contribution is 7.99. The second-order valence-electron chi connectivity index (χ2n) is 5.45. The van der Waals surface area contributed by atoms with Gasteiger partial charge < -0.3 is 5.32 Å². The van der Waals surface area contributed by atoms with E-state index < -0.39 is 0 Å². The maximum absolute atomic E-state index is 3.76. The zero-order valence-electron chi connectivity index (χ0n) is 9.83. The third-order valence-electron chi connectivity index (χ3n) is 4.04. The van der Waals surface area contributed by atoms with E-state index in [0.29, 0.717) is 11.5 Å². The molecule has 1 fully saturated rings. The van der Waals surface area contributed by atoms with E-state index in [1.54, 1.807) is 0 Å². The quantitative estimate of drug-likeness (QED) is 0.856. The fraction of sp³-hybridized carbons (Fsp3) is 0.571. The zero-order valence-corrected chi connectivity index (χ0v) is 10.6. The van der Waals surface area contributed by atoms with E-state index in [4.69, 9.17) is 0 Å². The lowest BCUT2D eigenvalue weighted by Crippen LogP contribution is -2.38. The van der Waals surface area contributed by atoms with Crippen LogP contribution >= 0.6 is 11.8 Å². The minimum atomic E-state index is 0.582. The first-order valence-corrected chi connectivity index (χ1v) is 7.21. The van der Waals surface area contributed by atoms with E-state index >= 15 is 0 Å². The van der Waals surface area contributed by atoms with Crippen LogP contribution in [-0.4, -0.2) is 12.3 Å². The normalized spacial score (nSPS) is 26.2. The Hall–Kier alpha value is -0.470. The van der Waals surface area contributed by atoms with Crippen molar-refractivity contribution in [3.8, 4) is 0 Å². The van der Waals surface area contributed by atoms with Crippen LogP contribution in [0.15, 0.2) is 29.2 Å². The summed E-state index contributed by atoms with van der Waals surface area (Å²) >= 11 is 1.99. The Morgan fingerprint density at radius 2 is 2.19 bits per heavy atom. The number of hydrogen-bond donors (Lipinski definition) is 1. The summed E-state index contributed by atoms with van der Waals surface area (Å²) in [6.07, 6.45) is 4.23. The average molecular weight is 233 g/mol. The second-order valence-corrected chi connectivity index (χ2v) is 6.51. The van der Waals surface area contributed by atoms with E-state index in [2.05, 4.69) is 36.5 Å². The zero-order chi connectivity index (χ0) is 11.0. The molecule has 1 aromatic carbocycles. The van der Waals surface area contributed by atoms with Gasteiger partial charge in [-0.3, -0.25) is 0 Å². The van der Waals surface area contributed by atoms with Crippen molar-refractivity contribution in [3.05, 3.63) is 29.8 Å². The first-order chi connectivity index (χ1) is 7.77. The molecule has 1 nitrogen and oxygen atoms in total. The van der Waals surface area contributed by atoms with E-state index in [0.717, 1.165) is 0 Å². The minimum Gasteiger partial charge on any atom is -0.309 e. The average Bonchev–Trinajstić information content (AvgIpc) is 2.67. The Morgan fingerprint density at radius 3 is 2.94 bits per heavy atom. The summed E-state index contributed by atoms with van der Waals surface area (Å²) in [5.74, 6) is 1.20. The van der Waals surface area contributed by atoms with Gasteiger partial charge >= 0.3 is 0 Å². The predicted molar refractivity (Wildman–Crippen MR) is 69.9 cm³/mol. The summed E-state index contributed by atoms with van der Waals surface area (Å²) in [6, 6.07) is 9.40. The highest BCUT2D eigenvalue weighted by atomic mass is 32.2. The van der Waals surface area contributed by atoms with Crippen molar-refractivity contribution < 1.29 is 0 Å². The smallest absolute Gasteiger partial charge is 0.0426 e. The molecule has 2 heteroatoms. The topological polar surface area (TPSA) is 12.0 Å². The van der Waals surface area contributed by atoms with Crippen molar-refractivity contribution in [1.82, 2.24) is 5.32 Å². The molecule has 1 N–H and O–H groups in total. The van der Waals surface area contributed by atoms with Gasteiger partial charge in [-0.1, -0.05) is 31.5 Å². The second kappa shape index (κ2) is 4.08. The molecule has 86 valence electrons. The highest BCUT2D eigenvalue weighted by Gasteiger charge is 2.33. The van der Waals surface area contributed by atoms with Gasteiger partial charge in [0.25, 0.3) is 0 Å². The van der Waals surface area contributed by atoms with Gasteiger partial charge in [-0.15, -0.1) is 11.8 Å². The number of fused-ring (bicyclic) bond motifs is 1. The summed E-state index contributed by atoms with van der Waals surface area (Å²) in [4.78, 5) is 1.47. The Bertz CT molecular complexity index is 384. The molecular formula is C14H19NS. The summed E-state index contributed by atoms with van der Waals surface area (Å²) in [7, 11) is 0. The number of hydrogen-bond acceptors (Lipinski definition) is 2. The van der Waals surface area contributed by atoms with Crippen LogP contribution in [0.5, 0.6) is 0 Å². The van der Waals surface area contributed by atoms with E-state index in [-0.39, 0.29) is 0 Å². The van der Waals surface area contributed by atoms with Crippen LogP contribution in [0.4, 0.5) is 0 Å². The molecule has 0 bridgehead atoms. The molecule has 1 aromatic rings. The first-order valence-electron chi connectivity index (χ1n) is 6.22. The molecule has 3 rings (SSSR count). The lowest BCUT2D eigenvalue weighted by Gasteiger charge is -2.39. The van der Waals surface area contributed by atoms with Crippen LogP contribution in [0.25, 0.3) is 0 Å². The molecule has 1 unspecified atom stereocenters. The molecule has 1 atom stereocenters. The molecule has 0 aromatic heterocycles. The van der Waals surface area contributed by atoms with Gasteiger partial charge in [-0.25, -0.2) is 0 Å². The van der Waals surface area contributed by atoms with Crippen molar-refractivity contribution in [2.24, 2.45) is 5.41 Å². The van der Waals surface area contributed by atoms with Crippen molar-refractivity contribution in [2.75, 3.05) is 12.3 Å². The maximum atomic E-state index is 3.76. The molecule has 2 aliphatic rings. The third-order valence-corrected chi connectivity index (χ3v) is 5.22. The Morgan fingerprint density at radius 1 is 1.38 bits per heavy atom. The van der Waals surface area contributed by atoms with Crippen LogP contribution in [0, 0.1) is 5.41 Å². The van der Waals surface area contributed by atoms with E-state index in [1.807, 2.05) is 11.8 Å². The summed E-state index contributed by atoms with van der Waals surface area (Å²) in [6.45, 7) is 3.60. The molecule has 1 heterocycles. The van der Waals surface area contributed by atoms with Crippen molar-refractivity contribution in [2.45, 2.75) is 37.1 Å². The maximum Gasteiger partial charge on any atom is 0.0426 e. The third kappa shape index (κ3) is 1.89. The van der Waals surface area contributed by atoms with Crippen LogP contribution < -0.4 is 5.32 Å². The van der Waals surface area contributed by atoms with Crippen molar-refractivity contribution >= 4 is 11.8 Å². The van der Waals surface area contributed by atoms with Crippen molar-refractivity contribution in [1.29, 1.82) is 0 Å². The van der Waals surface area contributed by atoms with Crippen LogP contribution in [-0.2, 0) is 0 Å². The number of nitrogens with one attached hydrogen (secondary N) is 1. The van der Waals surface area contributed by atoms with Gasteiger partial charge in [-0.2, -0.15) is 0 Å². The minimum absolute atomic E-state index is 0.582. The monoisotopic (exact) mass is 233 g/mol. The fourth-order valence-electron chi connectivity index (χ4n) is 2.66. The van der Waals surface area contributed by atoms with Gasteiger partial charge in [-0.05, 0) is 29.9 Å². The first kappa shape index (κ1) is 10.7. The molecule has 1 saturated carbocycles. The Balaban J connectivity index is 1.65. The van der Waals surface area contributed by atoms with Crippen LogP contribution in [0.3, 0.4) is 0 Å². The summed E-state index contributed by atoms with van der Waals surface area (Å²) in [5, 5.41) is 3.76. The number of thioether (sulfide) groups is 1. The molecule has 0 amide bonds. The Kier molecular flexibility index (Phi) is 2.72. The SMILES string of the molecule is CC1(CNC2CSc3ccccc32)CCC1. The molecular weight excluding hydrogens is 214 g/mol. The fourth-order valence-corrected chi connectivity index (χ4v) is 3.85. The lowest BCUT2D eigenvalue weighted by atomic mass is 9.70. The molecule has 1 aliphatic carbocycles. The molecule has 16 heavy (non-hydrogen) atoms. The summed E-state index contributed by atoms with van der Waals surface area (Å²) in [5.41, 5.74) is 2.10. The number of benzene rings is 1. The van der Waals surface area contributed by atoms with Gasteiger partial charge in [0.2, 0.25) is 0 Å². The molecule has 0 saturated heterocycles. The van der Waals surface area contributed by atoms with Gasteiger partial charge in [0.15, 0.2) is 0 Å². The van der Waals surface area contributed by atoms with Gasteiger partial charge in [0.05, 0.1) is 0 Å². The van der Waals surface area contributed by atoms with E-state index in [1.165, 1.54) is 42.0 Å². The van der Waals surface area contributed by atoms with Gasteiger partial charge in [0, 0.05) is 23.2 Å².